The number of anilines is 1. The van der Waals surface area contributed by atoms with Crippen molar-refractivity contribution in [1.82, 2.24) is 10.2 Å². The zero-order valence-electron chi connectivity index (χ0n) is 15.7. The first kappa shape index (κ1) is 21.3. The summed E-state index contributed by atoms with van der Waals surface area (Å²) in [6.07, 6.45) is -4.84. The molecule has 2 aromatic rings. The molecule has 10 heteroatoms. The van der Waals surface area contributed by atoms with E-state index in [0.29, 0.717) is 5.69 Å². The smallest absolute Gasteiger partial charge is 0.326 e. The molecule has 0 unspecified atom stereocenters. The Morgan fingerprint density at radius 1 is 1.13 bits per heavy atom. The van der Waals surface area contributed by atoms with Gasteiger partial charge in [-0.1, -0.05) is 12.1 Å². The second-order valence-electron chi connectivity index (χ2n) is 6.90. The van der Waals surface area contributed by atoms with Crippen molar-refractivity contribution in [3.05, 3.63) is 65.5 Å². The van der Waals surface area contributed by atoms with Gasteiger partial charge in [0.1, 0.15) is 11.4 Å². The Kier molecular flexibility index (Phi) is 5.51. The maximum Gasteiger partial charge on any atom is 0.416 e. The number of rotatable bonds is 5. The van der Waals surface area contributed by atoms with Gasteiger partial charge in [-0.15, -0.1) is 0 Å². The first-order valence-corrected chi connectivity index (χ1v) is 8.88. The van der Waals surface area contributed by atoms with Crippen LogP contribution in [-0.2, 0) is 21.3 Å². The van der Waals surface area contributed by atoms with Crippen LogP contribution in [0.15, 0.2) is 48.5 Å². The number of carbonyl (C=O) groups excluding carboxylic acids is 3. The minimum Gasteiger partial charge on any atom is -0.326 e. The van der Waals surface area contributed by atoms with Crippen LogP contribution in [0.25, 0.3) is 0 Å². The summed E-state index contributed by atoms with van der Waals surface area (Å²) >= 11 is 0. The van der Waals surface area contributed by atoms with Crippen LogP contribution in [-0.4, -0.2) is 29.3 Å². The van der Waals surface area contributed by atoms with E-state index in [1.165, 1.54) is 25.1 Å². The molecule has 6 nitrogen and oxygen atoms in total. The maximum atomic E-state index is 13.0. The molecule has 0 bridgehead atoms. The molecule has 30 heavy (non-hydrogen) atoms. The lowest BCUT2D eigenvalue weighted by Crippen LogP contribution is -2.41. The Bertz CT molecular complexity index is 992. The number of alkyl halides is 3. The molecule has 158 valence electrons. The van der Waals surface area contributed by atoms with Crippen LogP contribution < -0.4 is 10.6 Å². The third kappa shape index (κ3) is 4.27. The number of benzene rings is 2. The molecule has 3 rings (SSSR count). The van der Waals surface area contributed by atoms with Gasteiger partial charge < -0.3 is 10.6 Å². The van der Waals surface area contributed by atoms with Gasteiger partial charge in [-0.3, -0.25) is 14.5 Å². The van der Waals surface area contributed by atoms with Crippen molar-refractivity contribution >= 4 is 23.5 Å². The maximum absolute atomic E-state index is 13.0. The second-order valence-corrected chi connectivity index (χ2v) is 6.90. The van der Waals surface area contributed by atoms with Gasteiger partial charge in [0.2, 0.25) is 5.91 Å². The normalized spacial score (nSPS) is 19.0. The molecular weight excluding hydrogens is 406 g/mol. The number of halogens is 4. The second kappa shape index (κ2) is 7.77. The Hall–Kier alpha value is -3.43. The van der Waals surface area contributed by atoms with Crippen molar-refractivity contribution in [2.75, 3.05) is 11.9 Å². The SMILES string of the molecule is C[C@@]1(c2cccc(C(F)(F)F)c2)NC(=O)N(CCC(=O)Nc2ccc(F)cc2)C1=O. The highest BCUT2D eigenvalue weighted by atomic mass is 19.4. The van der Waals surface area contributed by atoms with E-state index in [1.807, 2.05) is 0 Å². The van der Waals surface area contributed by atoms with E-state index in [2.05, 4.69) is 10.6 Å². The zero-order valence-corrected chi connectivity index (χ0v) is 15.7. The van der Waals surface area contributed by atoms with Crippen LogP contribution in [0.1, 0.15) is 24.5 Å². The Labute approximate surface area is 168 Å². The number of urea groups is 1. The number of hydrogen-bond donors (Lipinski definition) is 2. The third-order valence-electron chi connectivity index (χ3n) is 4.73. The summed E-state index contributed by atoms with van der Waals surface area (Å²) in [6, 6.07) is 8.36. The molecule has 0 aliphatic carbocycles. The van der Waals surface area contributed by atoms with Gasteiger partial charge in [0.25, 0.3) is 5.91 Å². The number of imide groups is 1. The van der Waals surface area contributed by atoms with Gasteiger partial charge in [-0.05, 0) is 48.9 Å². The minimum absolute atomic E-state index is 0.0195. The quantitative estimate of drug-likeness (QED) is 0.569. The topological polar surface area (TPSA) is 78.5 Å². The molecule has 0 aromatic heterocycles. The van der Waals surface area contributed by atoms with Crippen LogP contribution in [0, 0.1) is 5.82 Å². The van der Waals surface area contributed by atoms with Crippen LogP contribution in [0.5, 0.6) is 0 Å². The predicted octanol–water partition coefficient (Wildman–Crippen LogP) is 3.64. The lowest BCUT2D eigenvalue weighted by Gasteiger charge is -2.23. The largest absolute Gasteiger partial charge is 0.416 e. The van der Waals surface area contributed by atoms with Gasteiger partial charge in [0, 0.05) is 18.7 Å². The molecule has 0 spiro atoms. The molecule has 1 aliphatic heterocycles. The summed E-state index contributed by atoms with van der Waals surface area (Å²) in [7, 11) is 0. The molecule has 1 atom stereocenters. The lowest BCUT2D eigenvalue weighted by atomic mass is 9.90. The number of nitrogens with zero attached hydrogens (tertiary/aromatic N) is 1. The molecule has 1 saturated heterocycles. The Balaban J connectivity index is 1.70. The molecule has 1 aliphatic rings. The van der Waals surface area contributed by atoms with Crippen molar-refractivity contribution in [2.45, 2.75) is 25.1 Å². The molecule has 0 saturated carbocycles. The van der Waals surface area contributed by atoms with Gasteiger partial charge in [0.15, 0.2) is 0 Å². The van der Waals surface area contributed by atoms with Gasteiger partial charge in [0.05, 0.1) is 5.56 Å². The lowest BCUT2D eigenvalue weighted by molar-refractivity contribution is -0.138. The molecule has 1 heterocycles. The van der Waals surface area contributed by atoms with E-state index in [4.69, 9.17) is 0 Å². The van der Waals surface area contributed by atoms with Crippen molar-refractivity contribution < 1.29 is 31.9 Å². The fourth-order valence-corrected chi connectivity index (χ4v) is 3.07. The van der Waals surface area contributed by atoms with Crippen molar-refractivity contribution in [3.8, 4) is 0 Å². The van der Waals surface area contributed by atoms with Gasteiger partial charge >= 0.3 is 12.2 Å². The summed E-state index contributed by atoms with van der Waals surface area (Å²) in [6.45, 7) is 1.04. The van der Waals surface area contributed by atoms with Gasteiger partial charge in [-0.25, -0.2) is 9.18 Å². The molecular formula is C20H17F4N3O3. The van der Waals surface area contributed by atoms with E-state index in [1.54, 1.807) is 0 Å². The highest BCUT2D eigenvalue weighted by Gasteiger charge is 2.49. The summed E-state index contributed by atoms with van der Waals surface area (Å²) < 4.78 is 51.9. The Morgan fingerprint density at radius 3 is 2.43 bits per heavy atom. The van der Waals surface area contributed by atoms with Crippen molar-refractivity contribution in [3.63, 3.8) is 0 Å². The standard InChI is InChI=1S/C20H17F4N3O3/c1-19(12-3-2-4-13(11-12)20(22,23)24)17(29)27(18(30)26-19)10-9-16(28)25-15-7-5-14(21)6-8-15/h2-8,11H,9-10H2,1H3,(H,25,28)(H,26,30)/t19-/m0/s1. The number of carbonyl (C=O) groups is 3. The molecule has 2 aromatic carbocycles. The van der Waals surface area contributed by atoms with Crippen LogP contribution in [0.4, 0.5) is 28.0 Å². The Morgan fingerprint density at radius 2 is 1.80 bits per heavy atom. The third-order valence-corrected chi connectivity index (χ3v) is 4.73. The molecule has 4 amide bonds. The van der Waals surface area contributed by atoms with E-state index in [0.717, 1.165) is 35.2 Å². The summed E-state index contributed by atoms with van der Waals surface area (Å²) in [5.74, 6) is -1.75. The average Bonchev–Trinajstić information content (AvgIpc) is 2.91. The average molecular weight is 423 g/mol. The molecule has 2 N–H and O–H groups in total. The summed E-state index contributed by atoms with van der Waals surface area (Å²) in [4.78, 5) is 37.9. The summed E-state index contributed by atoms with van der Waals surface area (Å²) in [5.41, 5.74) is -2.31. The van der Waals surface area contributed by atoms with Crippen LogP contribution >= 0.6 is 0 Å². The first-order valence-electron chi connectivity index (χ1n) is 8.88. The number of hydrogen-bond acceptors (Lipinski definition) is 3. The minimum atomic E-state index is -4.60. The fraction of sp³-hybridized carbons (Fsp3) is 0.250. The monoisotopic (exact) mass is 423 g/mol. The highest BCUT2D eigenvalue weighted by molar-refractivity contribution is 6.07. The highest BCUT2D eigenvalue weighted by Crippen LogP contribution is 2.34. The number of nitrogens with one attached hydrogen (secondary N) is 2. The van der Waals surface area contributed by atoms with E-state index in [-0.39, 0.29) is 18.5 Å². The molecule has 0 radical (unpaired) electrons. The zero-order chi connectivity index (χ0) is 22.1. The fourth-order valence-electron chi connectivity index (χ4n) is 3.07. The van der Waals surface area contributed by atoms with Crippen LogP contribution in [0.3, 0.4) is 0 Å². The van der Waals surface area contributed by atoms with Crippen LogP contribution in [0.2, 0.25) is 0 Å². The summed E-state index contributed by atoms with van der Waals surface area (Å²) in [5, 5.41) is 4.90. The van der Waals surface area contributed by atoms with E-state index >= 15 is 0 Å². The number of amides is 4. The molecule has 1 fully saturated rings. The van der Waals surface area contributed by atoms with E-state index in [9.17, 15) is 31.9 Å². The predicted molar refractivity (Wildman–Crippen MR) is 98.7 cm³/mol. The van der Waals surface area contributed by atoms with Crippen molar-refractivity contribution in [1.29, 1.82) is 0 Å². The van der Waals surface area contributed by atoms with Gasteiger partial charge in [-0.2, -0.15) is 13.2 Å². The van der Waals surface area contributed by atoms with E-state index < -0.39 is 40.9 Å². The first-order chi connectivity index (χ1) is 14.0. The van der Waals surface area contributed by atoms with Crippen molar-refractivity contribution in [2.24, 2.45) is 0 Å².